The largest absolute Gasteiger partial charge is 0.489 e. The SMILES string of the molecule is CSc1ccc([C@H]2C(C(=O)OC(C)C)=C(C)N=c3s/c(=C\c4ccc(OCc5ccccc5)cc4)c(=O)n32)cc1. The Morgan fingerprint density at radius 1 is 1.05 bits per heavy atom. The zero-order valence-electron chi connectivity index (χ0n) is 22.8. The molecule has 4 aromatic rings. The fourth-order valence-corrected chi connectivity index (χ4v) is 5.97. The quantitative estimate of drug-likeness (QED) is 0.207. The summed E-state index contributed by atoms with van der Waals surface area (Å²) in [7, 11) is 0. The number of ether oxygens (including phenoxy) is 2. The number of thiazole rings is 1. The first-order valence-corrected chi connectivity index (χ1v) is 15.0. The van der Waals surface area contributed by atoms with E-state index in [9.17, 15) is 9.59 Å². The minimum Gasteiger partial charge on any atom is -0.489 e. The molecule has 204 valence electrons. The summed E-state index contributed by atoms with van der Waals surface area (Å²) in [6.07, 6.45) is 3.57. The van der Waals surface area contributed by atoms with Crippen LogP contribution >= 0.6 is 23.1 Å². The summed E-state index contributed by atoms with van der Waals surface area (Å²) < 4.78 is 13.6. The van der Waals surface area contributed by atoms with Crippen LogP contribution in [0.15, 0.2) is 105 Å². The minimum absolute atomic E-state index is 0.200. The Morgan fingerprint density at radius 3 is 2.40 bits per heavy atom. The van der Waals surface area contributed by atoms with Crippen molar-refractivity contribution in [2.75, 3.05) is 6.26 Å². The summed E-state index contributed by atoms with van der Waals surface area (Å²) in [4.78, 5) is 33.4. The number of carbonyl (C=O) groups is 1. The third-order valence-corrected chi connectivity index (χ3v) is 8.17. The predicted octanol–water partition coefficient (Wildman–Crippen LogP) is 5.49. The van der Waals surface area contributed by atoms with E-state index in [2.05, 4.69) is 4.99 Å². The van der Waals surface area contributed by atoms with Crippen molar-refractivity contribution in [2.24, 2.45) is 4.99 Å². The minimum atomic E-state index is -0.630. The average molecular weight is 571 g/mol. The van der Waals surface area contributed by atoms with Gasteiger partial charge in [0, 0.05) is 4.90 Å². The highest BCUT2D eigenvalue weighted by atomic mass is 32.2. The Kier molecular flexibility index (Phi) is 8.38. The number of aromatic nitrogens is 1. The standard InChI is InChI=1S/C32H30N2O4S2/c1-20(2)38-31(36)28-21(3)33-32-34(29(28)24-12-16-26(39-4)17-13-24)30(35)27(40-32)18-22-10-14-25(15-11-22)37-19-23-8-6-5-7-9-23/h5-18,20,29H,19H2,1-4H3/b27-18-/t29-/m0/s1. The van der Waals surface area contributed by atoms with Crippen molar-refractivity contribution in [3.8, 4) is 5.75 Å². The lowest BCUT2D eigenvalue weighted by Gasteiger charge is -2.25. The van der Waals surface area contributed by atoms with Crippen LogP contribution in [0.3, 0.4) is 0 Å². The van der Waals surface area contributed by atoms with Crippen molar-refractivity contribution < 1.29 is 14.3 Å². The van der Waals surface area contributed by atoms with Gasteiger partial charge in [-0.05, 0) is 74.1 Å². The molecule has 1 atom stereocenters. The van der Waals surface area contributed by atoms with Gasteiger partial charge in [0.25, 0.3) is 5.56 Å². The number of hydrogen-bond donors (Lipinski definition) is 0. The Morgan fingerprint density at radius 2 is 1.75 bits per heavy atom. The number of carbonyl (C=O) groups excluding carboxylic acids is 1. The Hall–Kier alpha value is -3.88. The Bertz CT molecular complexity index is 1720. The molecule has 8 heteroatoms. The van der Waals surface area contributed by atoms with Crippen LogP contribution < -0.4 is 19.6 Å². The molecule has 2 heterocycles. The lowest BCUT2D eigenvalue weighted by Crippen LogP contribution is -2.40. The van der Waals surface area contributed by atoms with Crippen LogP contribution in [0, 0.1) is 0 Å². The second-order valence-electron chi connectivity index (χ2n) is 9.65. The third kappa shape index (κ3) is 5.98. The van der Waals surface area contributed by atoms with Gasteiger partial charge in [-0.3, -0.25) is 9.36 Å². The number of fused-ring (bicyclic) bond motifs is 1. The first kappa shape index (κ1) is 27.7. The molecule has 0 spiro atoms. The van der Waals surface area contributed by atoms with Crippen molar-refractivity contribution in [3.63, 3.8) is 0 Å². The number of rotatable bonds is 8. The van der Waals surface area contributed by atoms with E-state index in [4.69, 9.17) is 9.47 Å². The van der Waals surface area contributed by atoms with Crippen LogP contribution in [0.2, 0.25) is 0 Å². The Labute approximate surface area is 241 Å². The lowest BCUT2D eigenvalue weighted by atomic mass is 9.96. The van der Waals surface area contributed by atoms with Crippen molar-refractivity contribution in [1.29, 1.82) is 0 Å². The summed E-state index contributed by atoms with van der Waals surface area (Å²) in [6.45, 7) is 5.90. The maximum atomic E-state index is 13.8. The van der Waals surface area contributed by atoms with Gasteiger partial charge in [-0.1, -0.05) is 65.9 Å². The monoisotopic (exact) mass is 570 g/mol. The van der Waals surface area contributed by atoms with E-state index in [1.165, 1.54) is 11.3 Å². The molecule has 3 aromatic carbocycles. The highest BCUT2D eigenvalue weighted by molar-refractivity contribution is 7.98. The highest BCUT2D eigenvalue weighted by Gasteiger charge is 2.33. The summed E-state index contributed by atoms with van der Waals surface area (Å²) in [6, 6.07) is 24.9. The van der Waals surface area contributed by atoms with E-state index in [1.54, 1.807) is 23.3 Å². The molecule has 0 amide bonds. The lowest BCUT2D eigenvalue weighted by molar-refractivity contribution is -0.143. The molecule has 0 fully saturated rings. The normalized spacial score (nSPS) is 15.1. The van der Waals surface area contributed by atoms with Gasteiger partial charge >= 0.3 is 5.97 Å². The summed E-state index contributed by atoms with van der Waals surface area (Å²) >= 11 is 2.95. The summed E-state index contributed by atoms with van der Waals surface area (Å²) in [5, 5.41) is 0. The molecule has 0 radical (unpaired) electrons. The van der Waals surface area contributed by atoms with Crippen LogP contribution in [0.4, 0.5) is 0 Å². The van der Waals surface area contributed by atoms with Gasteiger partial charge in [0.1, 0.15) is 12.4 Å². The molecule has 6 nitrogen and oxygen atoms in total. The van der Waals surface area contributed by atoms with E-state index < -0.39 is 12.0 Å². The van der Waals surface area contributed by atoms with Gasteiger partial charge in [0.05, 0.1) is 27.9 Å². The predicted molar refractivity (Wildman–Crippen MR) is 160 cm³/mol. The van der Waals surface area contributed by atoms with Crippen LogP contribution in [-0.2, 0) is 16.1 Å². The van der Waals surface area contributed by atoms with E-state index >= 15 is 0 Å². The van der Waals surface area contributed by atoms with Crippen LogP contribution in [0.5, 0.6) is 5.75 Å². The molecular weight excluding hydrogens is 540 g/mol. The molecule has 0 unspecified atom stereocenters. The number of benzene rings is 3. The molecule has 0 aliphatic carbocycles. The smallest absolute Gasteiger partial charge is 0.338 e. The fourth-order valence-electron chi connectivity index (χ4n) is 4.51. The van der Waals surface area contributed by atoms with Crippen molar-refractivity contribution in [3.05, 3.63) is 127 Å². The Balaban J connectivity index is 1.51. The fraction of sp³-hybridized carbons (Fsp3) is 0.219. The highest BCUT2D eigenvalue weighted by Crippen LogP contribution is 2.32. The molecule has 40 heavy (non-hydrogen) atoms. The zero-order chi connectivity index (χ0) is 28.2. The third-order valence-electron chi connectivity index (χ3n) is 6.44. The first-order chi connectivity index (χ1) is 19.3. The topological polar surface area (TPSA) is 69.9 Å². The molecular formula is C32H30N2O4S2. The summed E-state index contributed by atoms with van der Waals surface area (Å²) in [5.74, 6) is 0.288. The van der Waals surface area contributed by atoms with Gasteiger partial charge in [-0.2, -0.15) is 0 Å². The average Bonchev–Trinajstić information content (AvgIpc) is 3.26. The van der Waals surface area contributed by atoms with Gasteiger partial charge < -0.3 is 9.47 Å². The summed E-state index contributed by atoms with van der Waals surface area (Å²) in [5.41, 5.74) is 3.53. The van der Waals surface area contributed by atoms with Gasteiger partial charge in [0.15, 0.2) is 4.80 Å². The van der Waals surface area contributed by atoms with Crippen LogP contribution in [0.1, 0.15) is 43.5 Å². The number of allylic oxidation sites excluding steroid dienone is 1. The second kappa shape index (κ2) is 12.1. The van der Waals surface area contributed by atoms with Crippen molar-refractivity contribution >= 4 is 35.1 Å². The molecule has 1 aromatic heterocycles. The van der Waals surface area contributed by atoms with E-state index in [0.717, 1.165) is 27.3 Å². The molecule has 1 aliphatic rings. The van der Waals surface area contributed by atoms with Gasteiger partial charge in [-0.15, -0.1) is 11.8 Å². The van der Waals surface area contributed by atoms with E-state index in [1.807, 2.05) is 105 Å². The maximum absolute atomic E-state index is 13.8. The van der Waals surface area contributed by atoms with Crippen molar-refractivity contribution in [2.45, 2.75) is 44.4 Å². The molecule has 0 N–H and O–H groups in total. The van der Waals surface area contributed by atoms with E-state index in [0.29, 0.717) is 27.2 Å². The van der Waals surface area contributed by atoms with Crippen LogP contribution in [-0.4, -0.2) is 22.9 Å². The second-order valence-corrected chi connectivity index (χ2v) is 11.5. The molecule has 0 saturated heterocycles. The van der Waals surface area contributed by atoms with Gasteiger partial charge in [0.2, 0.25) is 0 Å². The molecule has 5 rings (SSSR count). The molecule has 0 bridgehead atoms. The number of thioether (sulfide) groups is 1. The maximum Gasteiger partial charge on any atom is 0.338 e. The number of hydrogen-bond acceptors (Lipinski definition) is 7. The van der Waals surface area contributed by atoms with E-state index in [-0.39, 0.29) is 11.7 Å². The molecule has 1 aliphatic heterocycles. The zero-order valence-corrected chi connectivity index (χ0v) is 24.4. The first-order valence-electron chi connectivity index (χ1n) is 13.0. The van der Waals surface area contributed by atoms with Gasteiger partial charge in [-0.25, -0.2) is 9.79 Å². The van der Waals surface area contributed by atoms with Crippen molar-refractivity contribution in [1.82, 2.24) is 4.57 Å². The number of nitrogens with zero attached hydrogens (tertiary/aromatic N) is 2. The number of esters is 1. The van der Waals surface area contributed by atoms with Crippen LogP contribution in [0.25, 0.3) is 6.08 Å². The molecule has 0 saturated carbocycles.